The first-order valence-electron chi connectivity index (χ1n) is 6.23. The lowest BCUT2D eigenvalue weighted by molar-refractivity contribution is 0.132. The van der Waals surface area contributed by atoms with E-state index in [1.54, 1.807) is 7.11 Å². The Labute approximate surface area is 110 Å². The van der Waals surface area contributed by atoms with Gasteiger partial charge in [0.1, 0.15) is 5.75 Å². The normalized spacial score (nSPS) is 14.6. The van der Waals surface area contributed by atoms with E-state index in [1.807, 2.05) is 37.2 Å². The van der Waals surface area contributed by atoms with Crippen LogP contribution in [-0.2, 0) is 0 Å². The number of aliphatic hydroxyl groups is 1. The van der Waals surface area contributed by atoms with Gasteiger partial charge in [-0.1, -0.05) is 12.1 Å². The Balaban J connectivity index is 2.46. The minimum Gasteiger partial charge on any atom is -0.497 e. The van der Waals surface area contributed by atoms with Gasteiger partial charge in [0.2, 0.25) is 0 Å². The highest BCUT2D eigenvalue weighted by Gasteiger charge is 2.09. The third kappa shape index (κ3) is 5.04. The molecule has 2 atom stereocenters. The lowest BCUT2D eigenvalue weighted by Crippen LogP contribution is -2.36. The summed E-state index contributed by atoms with van der Waals surface area (Å²) in [6.45, 7) is 3.32. The quantitative estimate of drug-likeness (QED) is 0.767. The molecule has 0 aliphatic heterocycles. The van der Waals surface area contributed by atoms with Crippen LogP contribution in [0.25, 0.3) is 0 Å². The molecular formula is C14H24N2O2. The van der Waals surface area contributed by atoms with Crippen LogP contribution in [-0.4, -0.2) is 50.4 Å². The number of benzene rings is 1. The number of nitrogens with zero attached hydrogens (tertiary/aromatic N) is 1. The summed E-state index contributed by atoms with van der Waals surface area (Å²) in [4.78, 5) is 1.97. The molecule has 1 aromatic rings. The van der Waals surface area contributed by atoms with E-state index < -0.39 is 0 Å². The van der Waals surface area contributed by atoms with Crippen molar-refractivity contribution < 1.29 is 9.84 Å². The molecule has 0 aliphatic carbocycles. The second kappa shape index (κ2) is 7.36. The first-order valence-corrected chi connectivity index (χ1v) is 6.23. The van der Waals surface area contributed by atoms with Gasteiger partial charge in [0.25, 0.3) is 0 Å². The SMILES string of the molecule is COc1cccc([C@H](C)NCC(O)CN(C)C)c1. The monoisotopic (exact) mass is 252 g/mol. The van der Waals surface area contributed by atoms with E-state index in [0.29, 0.717) is 13.1 Å². The summed E-state index contributed by atoms with van der Waals surface area (Å²) < 4.78 is 5.20. The smallest absolute Gasteiger partial charge is 0.119 e. The van der Waals surface area contributed by atoms with Crippen molar-refractivity contribution in [3.8, 4) is 5.75 Å². The molecule has 1 unspecified atom stereocenters. The molecule has 18 heavy (non-hydrogen) atoms. The molecule has 0 bridgehead atoms. The van der Waals surface area contributed by atoms with Crippen LogP contribution in [0.15, 0.2) is 24.3 Å². The van der Waals surface area contributed by atoms with Crippen molar-refractivity contribution in [2.24, 2.45) is 0 Å². The second-order valence-electron chi connectivity index (χ2n) is 4.82. The number of hydrogen-bond acceptors (Lipinski definition) is 4. The van der Waals surface area contributed by atoms with Gasteiger partial charge in [-0.3, -0.25) is 0 Å². The fraction of sp³-hybridized carbons (Fsp3) is 0.571. The van der Waals surface area contributed by atoms with Gasteiger partial charge in [0.05, 0.1) is 13.2 Å². The van der Waals surface area contributed by atoms with Gasteiger partial charge < -0.3 is 20.1 Å². The molecule has 4 heteroatoms. The molecule has 4 nitrogen and oxygen atoms in total. The number of aliphatic hydroxyl groups excluding tert-OH is 1. The topological polar surface area (TPSA) is 44.7 Å². The van der Waals surface area contributed by atoms with Gasteiger partial charge in [-0.15, -0.1) is 0 Å². The van der Waals surface area contributed by atoms with E-state index in [-0.39, 0.29) is 12.1 Å². The molecule has 0 amide bonds. The predicted octanol–water partition coefficient (Wildman–Crippen LogP) is 1.27. The number of ether oxygens (including phenoxy) is 1. The molecule has 0 spiro atoms. The molecule has 0 saturated carbocycles. The average molecular weight is 252 g/mol. The first-order chi connectivity index (χ1) is 8.52. The van der Waals surface area contributed by atoms with Crippen LogP contribution >= 0.6 is 0 Å². The molecule has 102 valence electrons. The number of nitrogens with one attached hydrogen (secondary N) is 1. The summed E-state index contributed by atoms with van der Waals surface area (Å²) in [5.74, 6) is 0.856. The van der Waals surface area contributed by atoms with Crippen molar-refractivity contribution in [3.63, 3.8) is 0 Å². The van der Waals surface area contributed by atoms with Crippen LogP contribution < -0.4 is 10.1 Å². The van der Waals surface area contributed by atoms with E-state index in [2.05, 4.69) is 18.3 Å². The van der Waals surface area contributed by atoms with Gasteiger partial charge in [-0.2, -0.15) is 0 Å². The third-order valence-corrected chi connectivity index (χ3v) is 2.83. The van der Waals surface area contributed by atoms with Crippen molar-refractivity contribution >= 4 is 0 Å². The summed E-state index contributed by atoms with van der Waals surface area (Å²) in [6, 6.07) is 8.16. The van der Waals surface area contributed by atoms with Gasteiger partial charge in [-0.25, -0.2) is 0 Å². The molecule has 1 aromatic carbocycles. The van der Waals surface area contributed by atoms with Crippen LogP contribution in [0.1, 0.15) is 18.5 Å². The number of rotatable bonds is 7. The van der Waals surface area contributed by atoms with Gasteiger partial charge >= 0.3 is 0 Å². The maximum absolute atomic E-state index is 9.79. The second-order valence-corrected chi connectivity index (χ2v) is 4.82. The largest absolute Gasteiger partial charge is 0.497 e. The Morgan fingerprint density at radius 1 is 1.39 bits per heavy atom. The summed E-state index contributed by atoms with van der Waals surface area (Å²) in [6.07, 6.45) is -0.354. The Morgan fingerprint density at radius 2 is 2.11 bits per heavy atom. The molecule has 2 N–H and O–H groups in total. The lowest BCUT2D eigenvalue weighted by atomic mass is 10.1. The van der Waals surface area contributed by atoms with Crippen molar-refractivity contribution in [1.82, 2.24) is 10.2 Å². The minimum absolute atomic E-state index is 0.192. The highest BCUT2D eigenvalue weighted by molar-refractivity contribution is 5.30. The molecule has 0 saturated heterocycles. The van der Waals surface area contributed by atoms with Crippen molar-refractivity contribution in [1.29, 1.82) is 0 Å². The first kappa shape index (κ1) is 15.0. The van der Waals surface area contributed by atoms with Crippen molar-refractivity contribution in [2.75, 3.05) is 34.3 Å². The predicted molar refractivity (Wildman–Crippen MR) is 74.0 cm³/mol. The highest BCUT2D eigenvalue weighted by Crippen LogP contribution is 2.18. The molecular weight excluding hydrogens is 228 g/mol. The van der Waals surface area contributed by atoms with Gasteiger partial charge in [0.15, 0.2) is 0 Å². The van der Waals surface area contributed by atoms with Crippen LogP contribution in [0.4, 0.5) is 0 Å². The number of methoxy groups -OCH3 is 1. The lowest BCUT2D eigenvalue weighted by Gasteiger charge is -2.20. The van der Waals surface area contributed by atoms with E-state index >= 15 is 0 Å². The minimum atomic E-state index is -0.354. The van der Waals surface area contributed by atoms with Gasteiger partial charge in [0, 0.05) is 19.1 Å². The van der Waals surface area contributed by atoms with Crippen LogP contribution in [0, 0.1) is 0 Å². The molecule has 0 aromatic heterocycles. The maximum atomic E-state index is 9.79. The Kier molecular flexibility index (Phi) is 6.12. The standard InChI is InChI=1S/C14H24N2O2/c1-11(15-9-13(17)10-16(2)3)12-6-5-7-14(8-12)18-4/h5-8,11,13,15,17H,9-10H2,1-4H3/t11-,13?/m0/s1. The fourth-order valence-electron chi connectivity index (χ4n) is 1.83. The zero-order valence-electron chi connectivity index (χ0n) is 11.7. The zero-order valence-corrected chi connectivity index (χ0v) is 11.7. The fourth-order valence-corrected chi connectivity index (χ4v) is 1.83. The number of likely N-dealkylation sites (N-methyl/N-ethyl adjacent to an activating group) is 1. The van der Waals surface area contributed by atoms with E-state index in [0.717, 1.165) is 11.3 Å². The summed E-state index contributed by atoms with van der Waals surface area (Å²) in [5, 5.41) is 13.1. The highest BCUT2D eigenvalue weighted by atomic mass is 16.5. The summed E-state index contributed by atoms with van der Waals surface area (Å²) in [7, 11) is 5.57. The Hall–Kier alpha value is -1.10. The van der Waals surface area contributed by atoms with E-state index in [4.69, 9.17) is 4.74 Å². The van der Waals surface area contributed by atoms with E-state index in [9.17, 15) is 5.11 Å². The van der Waals surface area contributed by atoms with Crippen LogP contribution in [0.3, 0.4) is 0 Å². The molecule has 0 radical (unpaired) electrons. The number of hydrogen-bond donors (Lipinski definition) is 2. The summed E-state index contributed by atoms with van der Waals surface area (Å²) >= 11 is 0. The Morgan fingerprint density at radius 3 is 2.72 bits per heavy atom. The molecule has 0 aliphatic rings. The Bertz CT molecular complexity index is 355. The molecule has 0 heterocycles. The average Bonchev–Trinajstić information content (AvgIpc) is 2.35. The van der Waals surface area contributed by atoms with Crippen molar-refractivity contribution in [3.05, 3.63) is 29.8 Å². The van der Waals surface area contributed by atoms with Crippen LogP contribution in [0.2, 0.25) is 0 Å². The van der Waals surface area contributed by atoms with Crippen molar-refractivity contribution in [2.45, 2.75) is 19.1 Å². The maximum Gasteiger partial charge on any atom is 0.119 e. The molecule has 0 fully saturated rings. The van der Waals surface area contributed by atoms with Crippen LogP contribution in [0.5, 0.6) is 5.75 Å². The summed E-state index contributed by atoms with van der Waals surface area (Å²) in [5.41, 5.74) is 1.16. The van der Waals surface area contributed by atoms with Gasteiger partial charge in [-0.05, 0) is 38.7 Å². The van der Waals surface area contributed by atoms with E-state index in [1.165, 1.54) is 0 Å². The molecule has 1 rings (SSSR count). The third-order valence-electron chi connectivity index (χ3n) is 2.83. The zero-order chi connectivity index (χ0) is 13.5.